The summed E-state index contributed by atoms with van der Waals surface area (Å²) < 4.78 is 26.4. The minimum Gasteiger partial charge on any atom is -0.355 e. The summed E-state index contributed by atoms with van der Waals surface area (Å²) in [5, 5.41) is 2.77. The third-order valence-corrected chi connectivity index (χ3v) is 5.03. The highest BCUT2D eigenvalue weighted by molar-refractivity contribution is 5.85. The van der Waals surface area contributed by atoms with Crippen LogP contribution in [0.25, 0.3) is 0 Å². The molecular formula is C18H24ClF2N3O2. The van der Waals surface area contributed by atoms with Crippen molar-refractivity contribution in [1.29, 1.82) is 0 Å². The number of benzene rings is 1. The molecule has 2 amide bonds. The quantitative estimate of drug-likeness (QED) is 0.809. The first-order valence-corrected chi connectivity index (χ1v) is 8.72. The van der Waals surface area contributed by atoms with Gasteiger partial charge in [0.05, 0.1) is 5.92 Å². The maximum absolute atomic E-state index is 13.4. The van der Waals surface area contributed by atoms with Gasteiger partial charge in [-0.05, 0) is 42.9 Å². The fourth-order valence-electron chi connectivity index (χ4n) is 3.54. The van der Waals surface area contributed by atoms with E-state index in [1.165, 1.54) is 12.1 Å². The number of rotatable bonds is 5. The van der Waals surface area contributed by atoms with Crippen LogP contribution in [-0.2, 0) is 9.59 Å². The van der Waals surface area contributed by atoms with Gasteiger partial charge in [-0.3, -0.25) is 9.59 Å². The van der Waals surface area contributed by atoms with Crippen molar-refractivity contribution in [2.45, 2.75) is 25.2 Å². The monoisotopic (exact) mass is 387 g/mol. The fraction of sp³-hybridized carbons (Fsp3) is 0.556. The Bertz CT molecular complexity index is 674. The highest BCUT2D eigenvalue weighted by Gasteiger charge is 2.46. The molecule has 1 aromatic rings. The van der Waals surface area contributed by atoms with Crippen LogP contribution in [0.5, 0.6) is 0 Å². The molecule has 0 bridgehead atoms. The van der Waals surface area contributed by atoms with Gasteiger partial charge in [0.25, 0.3) is 0 Å². The van der Waals surface area contributed by atoms with E-state index >= 15 is 0 Å². The summed E-state index contributed by atoms with van der Waals surface area (Å²) >= 11 is 0. The summed E-state index contributed by atoms with van der Waals surface area (Å²) in [6.45, 7) is 1.87. The van der Waals surface area contributed by atoms with Gasteiger partial charge in [-0.1, -0.05) is 6.07 Å². The molecule has 0 radical (unpaired) electrons. The van der Waals surface area contributed by atoms with Gasteiger partial charge in [0.1, 0.15) is 0 Å². The van der Waals surface area contributed by atoms with E-state index in [1.807, 2.05) is 0 Å². The van der Waals surface area contributed by atoms with E-state index in [9.17, 15) is 18.4 Å². The van der Waals surface area contributed by atoms with Crippen LogP contribution >= 0.6 is 12.4 Å². The number of hydrogen-bond acceptors (Lipinski definition) is 3. The standard InChI is InChI=1S/C18H23F2N3O2.ClH/c19-15-4-3-11(8-16(15)20)13-9-14(13)18(25)23-7-1-2-12(10-23)17(24)22-6-5-21;/h3-4,8,12-14H,1-2,5-7,9-10,21H2,(H,22,24);1H. The van der Waals surface area contributed by atoms with Crippen LogP contribution < -0.4 is 11.1 Å². The van der Waals surface area contributed by atoms with Crippen LogP contribution in [0.1, 0.15) is 30.7 Å². The highest BCUT2D eigenvalue weighted by Crippen LogP contribution is 2.49. The van der Waals surface area contributed by atoms with Crippen LogP contribution in [0.2, 0.25) is 0 Å². The number of halogens is 3. The summed E-state index contributed by atoms with van der Waals surface area (Å²) in [5.74, 6) is -2.28. The smallest absolute Gasteiger partial charge is 0.226 e. The molecule has 1 aromatic carbocycles. The Morgan fingerprint density at radius 1 is 1.27 bits per heavy atom. The zero-order chi connectivity index (χ0) is 18.0. The number of carbonyl (C=O) groups is 2. The first kappa shape index (κ1) is 20.6. The summed E-state index contributed by atoms with van der Waals surface area (Å²) in [5.41, 5.74) is 6.05. The molecule has 5 nitrogen and oxygen atoms in total. The van der Waals surface area contributed by atoms with Gasteiger partial charge in [-0.25, -0.2) is 8.78 Å². The van der Waals surface area contributed by atoms with Crippen LogP contribution in [0.4, 0.5) is 8.78 Å². The molecule has 2 aliphatic rings. The van der Waals surface area contributed by atoms with Crippen LogP contribution in [0, 0.1) is 23.5 Å². The minimum absolute atomic E-state index is 0. The van der Waals surface area contributed by atoms with Crippen molar-refractivity contribution in [3.8, 4) is 0 Å². The van der Waals surface area contributed by atoms with Crippen molar-refractivity contribution in [3.63, 3.8) is 0 Å². The SMILES string of the molecule is Cl.NCCNC(=O)C1CCCN(C(=O)C2CC2c2ccc(F)c(F)c2)C1. The third kappa shape index (κ3) is 4.51. The molecule has 0 spiro atoms. The van der Waals surface area contributed by atoms with Gasteiger partial charge in [-0.2, -0.15) is 0 Å². The zero-order valence-corrected chi connectivity index (χ0v) is 15.2. The van der Waals surface area contributed by atoms with Crippen LogP contribution in [-0.4, -0.2) is 42.9 Å². The number of amides is 2. The zero-order valence-electron chi connectivity index (χ0n) is 14.4. The largest absolute Gasteiger partial charge is 0.355 e. The molecule has 26 heavy (non-hydrogen) atoms. The van der Waals surface area contributed by atoms with E-state index in [0.29, 0.717) is 38.2 Å². The molecule has 0 aromatic heterocycles. The lowest BCUT2D eigenvalue weighted by Gasteiger charge is -2.32. The Morgan fingerprint density at radius 2 is 2.04 bits per heavy atom. The molecule has 1 heterocycles. The lowest BCUT2D eigenvalue weighted by molar-refractivity contribution is -0.136. The Kier molecular flexibility index (Phi) is 6.94. The molecule has 3 N–H and O–H groups in total. The van der Waals surface area contributed by atoms with Crippen LogP contribution in [0.3, 0.4) is 0 Å². The number of nitrogens with one attached hydrogen (secondary N) is 1. The maximum atomic E-state index is 13.4. The molecule has 8 heteroatoms. The van der Waals surface area contributed by atoms with Crippen LogP contribution in [0.15, 0.2) is 18.2 Å². The average Bonchev–Trinajstić information content (AvgIpc) is 3.42. The van der Waals surface area contributed by atoms with Crippen molar-refractivity contribution >= 4 is 24.2 Å². The van der Waals surface area contributed by atoms with E-state index < -0.39 is 11.6 Å². The molecule has 1 saturated carbocycles. The summed E-state index contributed by atoms with van der Waals surface area (Å²) in [6, 6.07) is 3.81. The lowest BCUT2D eigenvalue weighted by Crippen LogP contribution is -2.46. The van der Waals surface area contributed by atoms with Crippen molar-refractivity contribution < 1.29 is 18.4 Å². The van der Waals surface area contributed by atoms with Crippen molar-refractivity contribution in [2.24, 2.45) is 17.6 Å². The predicted octanol–water partition coefficient (Wildman–Crippen LogP) is 1.80. The Balaban J connectivity index is 0.00000243. The first-order chi connectivity index (χ1) is 12.0. The molecule has 1 saturated heterocycles. The number of nitrogens with zero attached hydrogens (tertiary/aromatic N) is 1. The van der Waals surface area contributed by atoms with Gasteiger partial charge in [0.2, 0.25) is 11.8 Å². The van der Waals surface area contributed by atoms with Crippen molar-refractivity contribution in [1.82, 2.24) is 10.2 Å². The normalized spacial score (nSPS) is 24.6. The lowest BCUT2D eigenvalue weighted by atomic mass is 9.96. The second kappa shape index (κ2) is 8.77. The summed E-state index contributed by atoms with van der Waals surface area (Å²) in [7, 11) is 0. The van der Waals surface area contributed by atoms with Gasteiger partial charge in [-0.15, -0.1) is 12.4 Å². The van der Waals surface area contributed by atoms with E-state index in [-0.39, 0.29) is 42.0 Å². The van der Waals surface area contributed by atoms with E-state index in [2.05, 4.69) is 5.32 Å². The molecule has 1 aliphatic heterocycles. The first-order valence-electron chi connectivity index (χ1n) is 8.72. The van der Waals surface area contributed by atoms with Gasteiger partial charge >= 0.3 is 0 Å². The molecule has 3 atom stereocenters. The molecule has 3 rings (SSSR count). The Hall–Kier alpha value is -1.73. The summed E-state index contributed by atoms with van der Waals surface area (Å²) in [4.78, 5) is 26.5. The second-order valence-corrected chi connectivity index (χ2v) is 6.83. The van der Waals surface area contributed by atoms with E-state index in [1.54, 1.807) is 4.90 Å². The Labute approximate surface area is 157 Å². The predicted molar refractivity (Wildman–Crippen MR) is 95.8 cm³/mol. The molecule has 2 fully saturated rings. The number of carbonyl (C=O) groups excluding carboxylic acids is 2. The molecule has 3 unspecified atom stereocenters. The van der Waals surface area contributed by atoms with Crippen molar-refractivity contribution in [3.05, 3.63) is 35.4 Å². The number of piperidine rings is 1. The summed E-state index contributed by atoms with van der Waals surface area (Å²) in [6.07, 6.45) is 2.19. The Morgan fingerprint density at radius 3 is 2.73 bits per heavy atom. The molecule has 144 valence electrons. The van der Waals surface area contributed by atoms with Gasteiger partial charge in [0.15, 0.2) is 11.6 Å². The third-order valence-electron chi connectivity index (χ3n) is 5.03. The minimum atomic E-state index is -0.884. The van der Waals surface area contributed by atoms with Gasteiger partial charge in [0, 0.05) is 32.1 Å². The maximum Gasteiger partial charge on any atom is 0.226 e. The number of likely N-dealkylation sites (tertiary alicyclic amines) is 1. The van der Waals surface area contributed by atoms with E-state index in [4.69, 9.17) is 5.73 Å². The van der Waals surface area contributed by atoms with E-state index in [0.717, 1.165) is 18.9 Å². The van der Waals surface area contributed by atoms with Gasteiger partial charge < -0.3 is 16.0 Å². The van der Waals surface area contributed by atoms with Crippen molar-refractivity contribution in [2.75, 3.05) is 26.2 Å². The second-order valence-electron chi connectivity index (χ2n) is 6.83. The molecular weight excluding hydrogens is 364 g/mol. The average molecular weight is 388 g/mol. The number of nitrogens with two attached hydrogens (primary N) is 1. The fourth-order valence-corrected chi connectivity index (χ4v) is 3.54. The highest BCUT2D eigenvalue weighted by atomic mass is 35.5. The number of hydrogen-bond donors (Lipinski definition) is 2. The molecule has 1 aliphatic carbocycles. The topological polar surface area (TPSA) is 75.4 Å².